The van der Waals surface area contributed by atoms with Crippen LogP contribution in [0.15, 0.2) is 24.3 Å². The van der Waals surface area contributed by atoms with E-state index in [1.807, 2.05) is 13.8 Å². The van der Waals surface area contributed by atoms with Crippen LogP contribution in [0.25, 0.3) is 0 Å². The number of benzene rings is 1. The highest BCUT2D eigenvalue weighted by molar-refractivity contribution is 5.98. The van der Waals surface area contributed by atoms with Crippen LogP contribution in [0.2, 0.25) is 0 Å². The van der Waals surface area contributed by atoms with E-state index < -0.39 is 0 Å². The van der Waals surface area contributed by atoms with Crippen LogP contribution < -0.4 is 15.8 Å². The van der Waals surface area contributed by atoms with Crippen LogP contribution in [0.4, 0.5) is 0 Å². The molecule has 0 aromatic heterocycles. The van der Waals surface area contributed by atoms with Gasteiger partial charge >= 0.3 is 0 Å². The molecule has 0 saturated carbocycles. The van der Waals surface area contributed by atoms with Crippen molar-refractivity contribution in [1.82, 2.24) is 5.32 Å². The zero-order valence-corrected chi connectivity index (χ0v) is 13.4. The minimum Gasteiger partial charge on any atom is -0.494 e. The van der Waals surface area contributed by atoms with Gasteiger partial charge in [-0.1, -0.05) is 6.92 Å². The van der Waals surface area contributed by atoms with Crippen LogP contribution in [-0.4, -0.2) is 30.9 Å². The van der Waals surface area contributed by atoms with Gasteiger partial charge in [0.05, 0.1) is 6.61 Å². The summed E-state index contributed by atoms with van der Waals surface area (Å²) in [4.78, 5) is 23.6. The number of nitrogens with two attached hydrogens (primary N) is 1. The minimum absolute atomic E-state index is 0.0376. The molecule has 3 N–H and O–H groups in total. The van der Waals surface area contributed by atoms with Crippen molar-refractivity contribution in [3.05, 3.63) is 29.8 Å². The zero-order valence-electron chi connectivity index (χ0n) is 13.4. The SMILES string of the molecule is CCCOc1ccc(C(=O)CCC(=O)NCCC(C)N)cc1. The van der Waals surface area contributed by atoms with Gasteiger partial charge in [-0.2, -0.15) is 0 Å². The largest absolute Gasteiger partial charge is 0.494 e. The van der Waals surface area contributed by atoms with Crippen LogP contribution in [0.5, 0.6) is 5.75 Å². The van der Waals surface area contributed by atoms with Crippen LogP contribution in [-0.2, 0) is 4.79 Å². The first-order valence-electron chi connectivity index (χ1n) is 7.81. The third-order valence-electron chi connectivity index (χ3n) is 3.15. The van der Waals surface area contributed by atoms with Crippen molar-refractivity contribution in [3.63, 3.8) is 0 Å². The van der Waals surface area contributed by atoms with Crippen molar-refractivity contribution in [2.24, 2.45) is 5.73 Å². The number of ketones is 1. The third kappa shape index (κ3) is 7.22. The lowest BCUT2D eigenvalue weighted by molar-refractivity contribution is -0.121. The Kier molecular flexibility index (Phi) is 8.22. The molecule has 22 heavy (non-hydrogen) atoms. The van der Waals surface area contributed by atoms with Crippen LogP contribution in [0.3, 0.4) is 0 Å². The van der Waals surface area contributed by atoms with Crippen LogP contribution >= 0.6 is 0 Å². The second-order valence-electron chi connectivity index (χ2n) is 5.41. The summed E-state index contributed by atoms with van der Waals surface area (Å²) in [6.45, 7) is 5.14. The lowest BCUT2D eigenvalue weighted by atomic mass is 10.1. The molecule has 0 fully saturated rings. The molecule has 1 aromatic carbocycles. The first kappa shape index (κ1) is 18.2. The van der Waals surface area contributed by atoms with Crippen molar-refractivity contribution >= 4 is 11.7 Å². The molecule has 5 heteroatoms. The predicted molar refractivity (Wildman–Crippen MR) is 87.1 cm³/mol. The molecule has 1 amide bonds. The van der Waals surface area contributed by atoms with Gasteiger partial charge in [0, 0.05) is 31.0 Å². The van der Waals surface area contributed by atoms with Gasteiger partial charge in [0.15, 0.2) is 5.78 Å². The zero-order chi connectivity index (χ0) is 16.4. The fraction of sp³-hybridized carbons (Fsp3) is 0.529. The van der Waals surface area contributed by atoms with Crippen LogP contribution in [0, 0.1) is 0 Å². The number of hydrogen-bond donors (Lipinski definition) is 2. The monoisotopic (exact) mass is 306 g/mol. The highest BCUT2D eigenvalue weighted by Crippen LogP contribution is 2.14. The number of Topliss-reactive ketones (excluding diaryl/α,β-unsaturated/α-hetero) is 1. The molecule has 0 aliphatic heterocycles. The van der Waals surface area contributed by atoms with Crippen LogP contribution in [0.1, 0.15) is 49.9 Å². The fourth-order valence-electron chi connectivity index (χ4n) is 1.86. The summed E-state index contributed by atoms with van der Waals surface area (Å²) in [6.07, 6.45) is 2.09. The molecule has 0 aliphatic carbocycles. The maximum atomic E-state index is 12.0. The molecule has 1 unspecified atom stereocenters. The van der Waals surface area contributed by atoms with Crippen molar-refractivity contribution in [2.75, 3.05) is 13.2 Å². The molecule has 1 rings (SSSR count). The maximum absolute atomic E-state index is 12.0. The molecule has 0 spiro atoms. The topological polar surface area (TPSA) is 81.4 Å². The van der Waals surface area contributed by atoms with Gasteiger partial charge in [-0.05, 0) is 44.0 Å². The van der Waals surface area contributed by atoms with Crippen molar-refractivity contribution < 1.29 is 14.3 Å². The summed E-state index contributed by atoms with van der Waals surface area (Å²) >= 11 is 0. The molecule has 0 bridgehead atoms. The third-order valence-corrected chi connectivity index (χ3v) is 3.15. The Morgan fingerprint density at radius 1 is 1.23 bits per heavy atom. The summed E-state index contributed by atoms with van der Waals surface area (Å²) in [6, 6.07) is 7.11. The van der Waals surface area contributed by atoms with Crippen molar-refractivity contribution in [3.8, 4) is 5.75 Å². The summed E-state index contributed by atoms with van der Waals surface area (Å²) in [5, 5.41) is 2.76. The molecule has 5 nitrogen and oxygen atoms in total. The highest BCUT2D eigenvalue weighted by atomic mass is 16.5. The number of amides is 1. The molecule has 122 valence electrons. The Hall–Kier alpha value is -1.88. The van der Waals surface area contributed by atoms with Crippen molar-refractivity contribution in [1.29, 1.82) is 0 Å². The molecular formula is C17H26N2O3. The Labute approximate surface area is 132 Å². The number of rotatable bonds is 10. The van der Waals surface area contributed by atoms with E-state index in [2.05, 4.69) is 5.32 Å². The van der Waals surface area contributed by atoms with Gasteiger partial charge in [0.1, 0.15) is 5.75 Å². The van der Waals surface area contributed by atoms with Gasteiger partial charge in [0.25, 0.3) is 0 Å². The molecule has 0 heterocycles. The summed E-state index contributed by atoms with van der Waals surface area (Å²) in [5.74, 6) is 0.605. The highest BCUT2D eigenvalue weighted by Gasteiger charge is 2.09. The predicted octanol–water partition coefficient (Wildman–Crippen LogP) is 2.29. The van der Waals surface area contributed by atoms with E-state index in [9.17, 15) is 9.59 Å². The lowest BCUT2D eigenvalue weighted by Gasteiger charge is -2.07. The minimum atomic E-state index is -0.114. The molecule has 0 radical (unpaired) electrons. The maximum Gasteiger partial charge on any atom is 0.220 e. The van der Waals surface area contributed by atoms with Gasteiger partial charge in [-0.3, -0.25) is 9.59 Å². The lowest BCUT2D eigenvalue weighted by Crippen LogP contribution is -2.29. The Balaban J connectivity index is 2.34. The average Bonchev–Trinajstić information content (AvgIpc) is 2.50. The number of nitrogens with one attached hydrogen (secondary N) is 1. The van der Waals surface area contributed by atoms with E-state index >= 15 is 0 Å². The molecule has 0 aliphatic rings. The molecule has 1 aromatic rings. The van der Waals surface area contributed by atoms with E-state index in [0.29, 0.717) is 18.7 Å². The Morgan fingerprint density at radius 2 is 1.91 bits per heavy atom. The quantitative estimate of drug-likeness (QED) is 0.650. The smallest absolute Gasteiger partial charge is 0.220 e. The van der Waals surface area contributed by atoms with Crippen molar-refractivity contribution in [2.45, 2.75) is 45.6 Å². The second-order valence-corrected chi connectivity index (χ2v) is 5.41. The number of ether oxygens (including phenoxy) is 1. The van der Waals surface area contributed by atoms with E-state index in [1.165, 1.54) is 0 Å². The normalized spacial score (nSPS) is 11.8. The van der Waals surface area contributed by atoms with E-state index in [4.69, 9.17) is 10.5 Å². The van der Waals surface area contributed by atoms with E-state index in [-0.39, 0.29) is 30.6 Å². The Bertz CT molecular complexity index is 469. The Morgan fingerprint density at radius 3 is 2.50 bits per heavy atom. The first-order chi connectivity index (χ1) is 10.5. The van der Waals surface area contributed by atoms with Gasteiger partial charge in [-0.15, -0.1) is 0 Å². The number of carbonyl (C=O) groups excluding carboxylic acids is 2. The first-order valence-corrected chi connectivity index (χ1v) is 7.81. The van der Waals surface area contributed by atoms with E-state index in [1.54, 1.807) is 24.3 Å². The fourth-order valence-corrected chi connectivity index (χ4v) is 1.86. The number of hydrogen-bond acceptors (Lipinski definition) is 4. The standard InChI is InChI=1S/C17H26N2O3/c1-3-12-22-15-6-4-14(5-7-15)16(20)8-9-17(21)19-11-10-13(2)18/h4-7,13H,3,8-12,18H2,1-2H3,(H,19,21). The number of carbonyl (C=O) groups is 2. The summed E-state index contributed by atoms with van der Waals surface area (Å²) in [5.41, 5.74) is 6.21. The van der Waals surface area contributed by atoms with E-state index in [0.717, 1.165) is 18.6 Å². The van der Waals surface area contributed by atoms with Gasteiger partial charge < -0.3 is 15.8 Å². The molecule has 0 saturated heterocycles. The second kappa shape index (κ2) is 9.95. The summed E-state index contributed by atoms with van der Waals surface area (Å²) < 4.78 is 5.47. The van der Waals surface area contributed by atoms with Gasteiger partial charge in [0.2, 0.25) is 5.91 Å². The molecular weight excluding hydrogens is 280 g/mol. The van der Waals surface area contributed by atoms with Gasteiger partial charge in [-0.25, -0.2) is 0 Å². The summed E-state index contributed by atoms with van der Waals surface area (Å²) in [7, 11) is 0. The average molecular weight is 306 g/mol. The molecule has 1 atom stereocenters.